The minimum absolute atomic E-state index is 0.615. The molecule has 16 heavy (non-hydrogen) atoms. The van der Waals surface area contributed by atoms with Crippen molar-refractivity contribution in [2.75, 3.05) is 11.1 Å². The lowest BCUT2D eigenvalue weighted by Crippen LogP contribution is -2.03. The van der Waals surface area contributed by atoms with Crippen molar-refractivity contribution in [1.29, 1.82) is 0 Å². The highest BCUT2D eigenvalue weighted by Gasteiger charge is 2.00. The van der Waals surface area contributed by atoms with Crippen LogP contribution in [0, 0.1) is 6.92 Å². The molecule has 0 bridgehead atoms. The molecule has 0 amide bonds. The van der Waals surface area contributed by atoms with E-state index in [2.05, 4.69) is 15.4 Å². The zero-order valence-electron chi connectivity index (χ0n) is 9.44. The maximum Gasteiger partial charge on any atom is 0.169 e. The number of nitrogen functional groups attached to an aromatic ring is 1. The summed E-state index contributed by atoms with van der Waals surface area (Å²) in [6.07, 6.45) is 1.69. The Kier molecular flexibility index (Phi) is 2.76. The van der Waals surface area contributed by atoms with Crippen molar-refractivity contribution in [3.8, 4) is 0 Å². The van der Waals surface area contributed by atoms with Gasteiger partial charge in [0.15, 0.2) is 5.82 Å². The summed E-state index contributed by atoms with van der Waals surface area (Å²) in [4.78, 5) is 4.14. The Morgan fingerprint density at radius 3 is 2.88 bits per heavy atom. The van der Waals surface area contributed by atoms with Crippen LogP contribution >= 0.6 is 0 Å². The van der Waals surface area contributed by atoms with Gasteiger partial charge in [0.1, 0.15) is 6.33 Å². The Bertz CT molecular complexity index is 489. The third kappa shape index (κ3) is 2.31. The zero-order valence-corrected chi connectivity index (χ0v) is 9.44. The van der Waals surface area contributed by atoms with E-state index in [1.165, 1.54) is 0 Å². The lowest BCUT2D eigenvalue weighted by molar-refractivity contribution is 0.747. The number of anilines is 2. The summed E-state index contributed by atoms with van der Waals surface area (Å²) >= 11 is 0. The minimum Gasteiger partial charge on any atom is -0.399 e. The van der Waals surface area contributed by atoms with Crippen molar-refractivity contribution in [2.24, 2.45) is 7.05 Å². The van der Waals surface area contributed by atoms with E-state index in [1.54, 1.807) is 11.0 Å². The van der Waals surface area contributed by atoms with Crippen LogP contribution in [0.2, 0.25) is 0 Å². The first-order chi connectivity index (χ1) is 7.65. The molecule has 0 fully saturated rings. The van der Waals surface area contributed by atoms with Crippen LogP contribution in [0.4, 0.5) is 11.4 Å². The molecule has 0 unspecified atom stereocenters. The fourth-order valence-corrected chi connectivity index (χ4v) is 1.43. The van der Waals surface area contributed by atoms with E-state index in [4.69, 9.17) is 5.73 Å². The van der Waals surface area contributed by atoms with Gasteiger partial charge < -0.3 is 11.1 Å². The molecule has 0 aliphatic rings. The predicted octanol–water partition coefficient (Wildman–Crippen LogP) is 1.32. The molecule has 0 aliphatic heterocycles. The zero-order chi connectivity index (χ0) is 11.5. The van der Waals surface area contributed by atoms with Gasteiger partial charge in [0.05, 0.1) is 6.54 Å². The van der Waals surface area contributed by atoms with Crippen LogP contribution in [-0.4, -0.2) is 14.8 Å². The van der Waals surface area contributed by atoms with Crippen molar-refractivity contribution in [1.82, 2.24) is 14.8 Å². The van der Waals surface area contributed by atoms with Crippen molar-refractivity contribution in [3.63, 3.8) is 0 Å². The van der Waals surface area contributed by atoms with Crippen LogP contribution in [0.25, 0.3) is 0 Å². The van der Waals surface area contributed by atoms with E-state index in [9.17, 15) is 0 Å². The Labute approximate surface area is 94.3 Å². The average molecular weight is 217 g/mol. The van der Waals surface area contributed by atoms with Gasteiger partial charge in [-0.2, -0.15) is 5.10 Å². The highest BCUT2D eigenvalue weighted by molar-refractivity contribution is 5.56. The average Bonchev–Trinajstić information content (AvgIpc) is 2.66. The summed E-state index contributed by atoms with van der Waals surface area (Å²) in [5.41, 5.74) is 8.65. The van der Waals surface area contributed by atoms with E-state index in [1.807, 2.05) is 32.2 Å². The first-order valence-corrected chi connectivity index (χ1v) is 5.09. The summed E-state index contributed by atoms with van der Waals surface area (Å²) in [5, 5.41) is 7.43. The second-order valence-corrected chi connectivity index (χ2v) is 3.76. The third-order valence-corrected chi connectivity index (χ3v) is 2.37. The number of aromatic nitrogens is 3. The molecule has 2 aromatic rings. The maximum atomic E-state index is 5.74. The molecule has 5 nitrogen and oxygen atoms in total. The predicted molar refractivity (Wildman–Crippen MR) is 63.9 cm³/mol. The number of nitrogens with one attached hydrogen (secondary N) is 1. The molecule has 2 rings (SSSR count). The van der Waals surface area contributed by atoms with Crippen molar-refractivity contribution in [2.45, 2.75) is 13.5 Å². The number of rotatable bonds is 3. The van der Waals surface area contributed by atoms with Gasteiger partial charge in [-0.25, -0.2) is 4.98 Å². The van der Waals surface area contributed by atoms with Crippen LogP contribution in [0.3, 0.4) is 0 Å². The molecule has 3 N–H and O–H groups in total. The number of nitrogens with two attached hydrogens (primary N) is 1. The van der Waals surface area contributed by atoms with E-state index < -0.39 is 0 Å². The summed E-state index contributed by atoms with van der Waals surface area (Å²) in [7, 11) is 1.85. The number of nitrogens with zero attached hydrogens (tertiary/aromatic N) is 3. The lowest BCUT2D eigenvalue weighted by atomic mass is 10.2. The molecule has 0 saturated heterocycles. The molecular weight excluding hydrogens is 202 g/mol. The van der Waals surface area contributed by atoms with Gasteiger partial charge in [-0.3, -0.25) is 4.68 Å². The molecule has 84 valence electrons. The first kappa shape index (κ1) is 10.5. The van der Waals surface area contributed by atoms with Crippen molar-refractivity contribution >= 4 is 11.4 Å². The van der Waals surface area contributed by atoms with Gasteiger partial charge in [0.25, 0.3) is 0 Å². The van der Waals surface area contributed by atoms with Gasteiger partial charge in [-0.05, 0) is 30.7 Å². The van der Waals surface area contributed by atoms with Crippen LogP contribution < -0.4 is 11.1 Å². The smallest absolute Gasteiger partial charge is 0.169 e. The highest BCUT2D eigenvalue weighted by Crippen LogP contribution is 2.16. The third-order valence-electron chi connectivity index (χ3n) is 2.37. The number of hydrogen-bond acceptors (Lipinski definition) is 4. The van der Waals surface area contributed by atoms with Gasteiger partial charge in [-0.1, -0.05) is 0 Å². The molecule has 1 heterocycles. The highest BCUT2D eigenvalue weighted by atomic mass is 15.3. The van der Waals surface area contributed by atoms with Gasteiger partial charge in [-0.15, -0.1) is 0 Å². The van der Waals surface area contributed by atoms with E-state index in [0.29, 0.717) is 6.54 Å². The molecule has 0 radical (unpaired) electrons. The second kappa shape index (κ2) is 4.22. The molecule has 1 aromatic heterocycles. The van der Waals surface area contributed by atoms with Crippen molar-refractivity contribution in [3.05, 3.63) is 35.9 Å². The summed E-state index contributed by atoms with van der Waals surface area (Å²) < 4.78 is 1.69. The Morgan fingerprint density at radius 2 is 2.25 bits per heavy atom. The van der Waals surface area contributed by atoms with Gasteiger partial charge in [0.2, 0.25) is 0 Å². The molecule has 1 aromatic carbocycles. The maximum absolute atomic E-state index is 5.74. The lowest BCUT2D eigenvalue weighted by Gasteiger charge is -2.06. The topological polar surface area (TPSA) is 68.8 Å². The van der Waals surface area contributed by atoms with Gasteiger partial charge in [0, 0.05) is 18.4 Å². The quantitative estimate of drug-likeness (QED) is 0.761. The summed E-state index contributed by atoms with van der Waals surface area (Å²) in [6.45, 7) is 2.60. The fourth-order valence-electron chi connectivity index (χ4n) is 1.43. The van der Waals surface area contributed by atoms with Crippen LogP contribution in [-0.2, 0) is 13.6 Å². The molecule has 0 spiro atoms. The standard InChI is InChI=1S/C11H15N5/c1-8-5-9(3-4-10(8)12)13-6-11-14-7-16(2)15-11/h3-5,7,13H,6,12H2,1-2H3. The minimum atomic E-state index is 0.615. The van der Waals surface area contributed by atoms with E-state index >= 15 is 0 Å². The Morgan fingerprint density at radius 1 is 1.44 bits per heavy atom. The summed E-state index contributed by atoms with van der Waals surface area (Å²) in [5.74, 6) is 0.775. The molecule has 0 aliphatic carbocycles. The summed E-state index contributed by atoms with van der Waals surface area (Å²) in [6, 6.07) is 5.85. The van der Waals surface area contributed by atoms with Crippen LogP contribution in [0.5, 0.6) is 0 Å². The molecule has 0 atom stereocenters. The SMILES string of the molecule is Cc1cc(NCc2ncn(C)n2)ccc1N. The van der Waals surface area contributed by atoms with Crippen molar-refractivity contribution < 1.29 is 0 Å². The number of benzene rings is 1. The van der Waals surface area contributed by atoms with E-state index in [0.717, 1.165) is 22.8 Å². The van der Waals surface area contributed by atoms with Crippen LogP contribution in [0.1, 0.15) is 11.4 Å². The normalized spacial score (nSPS) is 10.4. The number of aryl methyl sites for hydroxylation is 2. The largest absolute Gasteiger partial charge is 0.399 e. The monoisotopic (exact) mass is 217 g/mol. The Hall–Kier alpha value is -2.04. The molecule has 0 saturated carbocycles. The Balaban J connectivity index is 2.02. The fraction of sp³-hybridized carbons (Fsp3) is 0.273. The van der Waals surface area contributed by atoms with E-state index in [-0.39, 0.29) is 0 Å². The van der Waals surface area contributed by atoms with Gasteiger partial charge >= 0.3 is 0 Å². The second-order valence-electron chi connectivity index (χ2n) is 3.76. The number of hydrogen-bond donors (Lipinski definition) is 2. The van der Waals surface area contributed by atoms with Crippen LogP contribution in [0.15, 0.2) is 24.5 Å². The molecule has 5 heteroatoms. The first-order valence-electron chi connectivity index (χ1n) is 5.09. The molecular formula is C11H15N5.